The number of anilines is 1. The van der Waals surface area contributed by atoms with Gasteiger partial charge in [0.15, 0.2) is 5.11 Å². The summed E-state index contributed by atoms with van der Waals surface area (Å²) in [6.07, 6.45) is 5.43. The molecule has 5 rings (SSSR count). The van der Waals surface area contributed by atoms with Crippen LogP contribution in [0, 0.1) is 19.7 Å². The van der Waals surface area contributed by atoms with E-state index in [0.717, 1.165) is 28.2 Å². The second-order valence-corrected chi connectivity index (χ2v) is 8.61. The number of pyridine rings is 2. The highest BCUT2D eigenvalue weighted by atomic mass is 32.1. The van der Waals surface area contributed by atoms with Gasteiger partial charge in [-0.2, -0.15) is 0 Å². The van der Waals surface area contributed by atoms with Gasteiger partial charge in [-0.05, 0) is 73.6 Å². The molecule has 0 aliphatic carbocycles. The molecule has 1 aliphatic heterocycles. The largest absolute Gasteiger partial charge is 0.351 e. The maximum absolute atomic E-state index is 14.9. The van der Waals surface area contributed by atoms with Crippen molar-refractivity contribution in [3.05, 3.63) is 113 Å². The van der Waals surface area contributed by atoms with Crippen LogP contribution in [0.2, 0.25) is 0 Å². The van der Waals surface area contributed by atoms with Crippen molar-refractivity contribution >= 4 is 23.0 Å². The molecule has 0 saturated carbocycles. The molecule has 3 aromatic heterocycles. The highest BCUT2D eigenvalue weighted by Gasteiger charge is 2.43. The number of halogens is 1. The Morgan fingerprint density at radius 2 is 1.85 bits per heavy atom. The van der Waals surface area contributed by atoms with Crippen LogP contribution >= 0.6 is 12.2 Å². The number of aryl methyl sites for hydroxylation is 1. The van der Waals surface area contributed by atoms with Crippen LogP contribution in [0.1, 0.15) is 40.3 Å². The van der Waals surface area contributed by atoms with Gasteiger partial charge in [0.25, 0.3) is 0 Å². The molecule has 1 N–H and O–H groups in total. The monoisotopic (exact) mass is 457 g/mol. The van der Waals surface area contributed by atoms with Gasteiger partial charge in [0, 0.05) is 36.5 Å². The molecular weight excluding hydrogens is 433 g/mol. The number of nitrogens with one attached hydrogen (secondary N) is 1. The van der Waals surface area contributed by atoms with Crippen molar-refractivity contribution in [2.24, 2.45) is 0 Å². The van der Waals surface area contributed by atoms with E-state index in [-0.39, 0.29) is 17.9 Å². The standard InChI is InChI=1S/C26H24FN5S/c1-17-14-20(18(2)31(17)16-19-8-7-12-28-15-19)25-24(22-10-5-6-13-29-22)30-26(33)32(25)23-11-4-3-9-21(23)27/h3-15,24-25H,16H2,1-2H3,(H,30,33)/t24-,25-/m1/s1. The SMILES string of the molecule is Cc1cc([C@@H]2[C@@H](c3ccccn3)NC(=S)N2c2ccccc2F)c(C)n1Cc1cccnc1. The van der Waals surface area contributed by atoms with Crippen LogP contribution in [0.5, 0.6) is 0 Å². The van der Waals surface area contributed by atoms with Crippen molar-refractivity contribution in [3.63, 3.8) is 0 Å². The zero-order valence-corrected chi connectivity index (χ0v) is 19.3. The predicted octanol–water partition coefficient (Wildman–Crippen LogP) is 5.26. The Bertz CT molecular complexity index is 1290. The molecule has 4 aromatic rings. The minimum atomic E-state index is -0.308. The topological polar surface area (TPSA) is 46.0 Å². The second kappa shape index (κ2) is 8.75. The minimum Gasteiger partial charge on any atom is -0.351 e. The summed E-state index contributed by atoms with van der Waals surface area (Å²) in [7, 11) is 0. The average molecular weight is 458 g/mol. The lowest BCUT2D eigenvalue weighted by molar-refractivity contribution is 0.554. The molecule has 4 heterocycles. The molecule has 1 saturated heterocycles. The zero-order valence-electron chi connectivity index (χ0n) is 18.4. The summed E-state index contributed by atoms with van der Waals surface area (Å²) in [5.41, 5.74) is 5.75. The number of benzene rings is 1. The van der Waals surface area contributed by atoms with Crippen LogP contribution in [0.3, 0.4) is 0 Å². The van der Waals surface area contributed by atoms with Crippen LogP contribution in [-0.4, -0.2) is 19.6 Å². The van der Waals surface area contributed by atoms with E-state index >= 15 is 0 Å². The van der Waals surface area contributed by atoms with Crippen LogP contribution < -0.4 is 10.2 Å². The van der Waals surface area contributed by atoms with Gasteiger partial charge in [-0.1, -0.05) is 24.3 Å². The number of aromatic nitrogens is 3. The van der Waals surface area contributed by atoms with Gasteiger partial charge in [0.2, 0.25) is 0 Å². The molecule has 0 bridgehead atoms. The number of hydrogen-bond donors (Lipinski definition) is 1. The molecule has 0 amide bonds. The fraction of sp³-hybridized carbons (Fsp3) is 0.192. The predicted molar refractivity (Wildman–Crippen MR) is 132 cm³/mol. The highest BCUT2D eigenvalue weighted by molar-refractivity contribution is 7.80. The van der Waals surface area contributed by atoms with E-state index in [1.165, 1.54) is 6.07 Å². The van der Waals surface area contributed by atoms with Gasteiger partial charge in [-0.25, -0.2) is 4.39 Å². The summed E-state index contributed by atoms with van der Waals surface area (Å²) in [5, 5.41) is 3.89. The van der Waals surface area contributed by atoms with Crippen molar-refractivity contribution in [1.29, 1.82) is 0 Å². The third-order valence-electron chi connectivity index (χ3n) is 6.21. The van der Waals surface area contributed by atoms with Crippen LogP contribution in [-0.2, 0) is 6.54 Å². The van der Waals surface area contributed by atoms with E-state index in [1.807, 2.05) is 41.4 Å². The Kier molecular flexibility index (Phi) is 5.64. The first-order chi connectivity index (χ1) is 16.0. The zero-order chi connectivity index (χ0) is 22.9. The quantitative estimate of drug-likeness (QED) is 0.414. The molecule has 0 radical (unpaired) electrons. The van der Waals surface area contributed by atoms with E-state index in [2.05, 4.69) is 45.8 Å². The molecule has 166 valence electrons. The number of para-hydroxylation sites is 1. The Morgan fingerprint density at radius 1 is 1.03 bits per heavy atom. The Balaban J connectivity index is 1.64. The first-order valence-corrected chi connectivity index (χ1v) is 11.3. The summed E-state index contributed by atoms with van der Waals surface area (Å²) in [5.74, 6) is -0.308. The molecule has 0 spiro atoms. The fourth-order valence-electron chi connectivity index (χ4n) is 4.62. The smallest absolute Gasteiger partial charge is 0.174 e. The van der Waals surface area contributed by atoms with E-state index in [1.54, 1.807) is 24.5 Å². The van der Waals surface area contributed by atoms with Gasteiger partial charge >= 0.3 is 0 Å². The molecule has 1 aliphatic rings. The van der Waals surface area contributed by atoms with Crippen molar-refractivity contribution < 1.29 is 4.39 Å². The van der Waals surface area contributed by atoms with E-state index in [0.29, 0.717) is 17.3 Å². The van der Waals surface area contributed by atoms with Gasteiger partial charge in [0.1, 0.15) is 5.82 Å². The number of nitrogens with zero attached hydrogens (tertiary/aromatic N) is 4. The van der Waals surface area contributed by atoms with Crippen molar-refractivity contribution in [1.82, 2.24) is 19.9 Å². The number of thiocarbonyl (C=S) groups is 1. The molecule has 2 atom stereocenters. The normalized spacial score (nSPS) is 17.9. The summed E-state index contributed by atoms with van der Waals surface area (Å²) in [4.78, 5) is 10.7. The maximum Gasteiger partial charge on any atom is 0.174 e. The third kappa shape index (κ3) is 3.89. The Labute approximate surface area is 197 Å². The molecule has 1 fully saturated rings. The molecule has 33 heavy (non-hydrogen) atoms. The lowest BCUT2D eigenvalue weighted by Gasteiger charge is -2.28. The number of rotatable bonds is 5. The second-order valence-electron chi connectivity index (χ2n) is 8.22. The maximum atomic E-state index is 14.9. The van der Waals surface area contributed by atoms with Gasteiger partial charge in [-0.15, -0.1) is 0 Å². The van der Waals surface area contributed by atoms with Crippen molar-refractivity contribution in [2.45, 2.75) is 32.5 Å². The first-order valence-electron chi connectivity index (χ1n) is 10.9. The van der Waals surface area contributed by atoms with E-state index < -0.39 is 0 Å². The molecule has 5 nitrogen and oxygen atoms in total. The summed E-state index contributed by atoms with van der Waals surface area (Å²) < 4.78 is 17.2. The van der Waals surface area contributed by atoms with Gasteiger partial charge in [0.05, 0.1) is 23.5 Å². The lowest BCUT2D eigenvalue weighted by Crippen LogP contribution is -2.30. The summed E-state index contributed by atoms with van der Waals surface area (Å²) in [6.45, 7) is 4.91. The van der Waals surface area contributed by atoms with Crippen molar-refractivity contribution in [2.75, 3.05) is 4.90 Å². The van der Waals surface area contributed by atoms with Gasteiger partial charge in [-0.3, -0.25) is 9.97 Å². The molecular formula is C26H24FN5S. The minimum absolute atomic E-state index is 0.217. The third-order valence-corrected chi connectivity index (χ3v) is 6.52. The lowest BCUT2D eigenvalue weighted by atomic mass is 9.96. The number of hydrogen-bond acceptors (Lipinski definition) is 3. The van der Waals surface area contributed by atoms with Crippen LogP contribution in [0.15, 0.2) is 79.3 Å². The fourth-order valence-corrected chi connectivity index (χ4v) is 4.96. The Morgan fingerprint density at radius 3 is 2.58 bits per heavy atom. The highest BCUT2D eigenvalue weighted by Crippen LogP contribution is 2.43. The average Bonchev–Trinajstić information content (AvgIpc) is 3.31. The first kappa shape index (κ1) is 21.3. The van der Waals surface area contributed by atoms with Crippen molar-refractivity contribution in [3.8, 4) is 0 Å². The van der Waals surface area contributed by atoms with Gasteiger partial charge < -0.3 is 14.8 Å². The van der Waals surface area contributed by atoms with E-state index in [9.17, 15) is 4.39 Å². The Hall–Kier alpha value is -3.58. The van der Waals surface area contributed by atoms with Crippen LogP contribution in [0.4, 0.5) is 10.1 Å². The van der Waals surface area contributed by atoms with Crippen LogP contribution in [0.25, 0.3) is 0 Å². The molecule has 7 heteroatoms. The molecule has 1 aromatic carbocycles. The summed E-state index contributed by atoms with van der Waals surface area (Å²) >= 11 is 5.73. The molecule has 0 unspecified atom stereocenters. The summed E-state index contributed by atoms with van der Waals surface area (Å²) in [6, 6.07) is 18.3. The van der Waals surface area contributed by atoms with E-state index in [4.69, 9.17) is 12.2 Å².